The zero-order valence-electron chi connectivity index (χ0n) is 11.4. The van der Waals surface area contributed by atoms with Gasteiger partial charge in [0.25, 0.3) is 0 Å². The Morgan fingerprint density at radius 3 is 2.58 bits per heavy atom. The van der Waals surface area contributed by atoms with Crippen LogP contribution in [0.2, 0.25) is 0 Å². The first-order valence-corrected chi connectivity index (χ1v) is 6.55. The molecule has 0 atom stereocenters. The molecule has 1 heterocycles. The van der Waals surface area contributed by atoms with Crippen molar-refractivity contribution < 1.29 is 9.53 Å². The third-order valence-electron chi connectivity index (χ3n) is 2.92. The summed E-state index contributed by atoms with van der Waals surface area (Å²) in [6.07, 6.45) is 3.91. The summed E-state index contributed by atoms with van der Waals surface area (Å²) in [5.74, 6) is 0.897. The Morgan fingerprint density at radius 2 is 1.95 bits per heavy atom. The number of hydrogen-bond acceptors (Lipinski definition) is 2. The predicted molar refractivity (Wildman–Crippen MR) is 75.7 cm³/mol. The molecule has 19 heavy (non-hydrogen) atoms. The first kappa shape index (κ1) is 13.4. The molecular formula is C16H19NO2. The summed E-state index contributed by atoms with van der Waals surface area (Å²) in [6.45, 7) is 4.84. The maximum atomic E-state index is 10.8. The van der Waals surface area contributed by atoms with Crippen LogP contribution in [0.5, 0.6) is 5.75 Å². The highest BCUT2D eigenvalue weighted by molar-refractivity contribution is 5.72. The molecule has 0 aliphatic heterocycles. The van der Waals surface area contributed by atoms with Gasteiger partial charge in [0.1, 0.15) is 5.75 Å². The van der Waals surface area contributed by atoms with Crippen molar-refractivity contribution in [3.8, 4) is 5.75 Å². The number of ether oxygens (including phenoxy) is 1. The Hall–Kier alpha value is -2.03. The monoisotopic (exact) mass is 257 g/mol. The van der Waals surface area contributed by atoms with Gasteiger partial charge in [-0.3, -0.25) is 4.79 Å². The van der Waals surface area contributed by atoms with Gasteiger partial charge in [0.15, 0.2) is 6.29 Å². The first-order valence-electron chi connectivity index (χ1n) is 6.55. The molecule has 2 rings (SSSR count). The molecule has 0 saturated heterocycles. The molecule has 0 radical (unpaired) electrons. The van der Waals surface area contributed by atoms with E-state index in [0.29, 0.717) is 0 Å². The lowest BCUT2D eigenvalue weighted by atomic mass is 10.1. The van der Waals surface area contributed by atoms with Crippen molar-refractivity contribution in [2.75, 3.05) is 0 Å². The van der Waals surface area contributed by atoms with E-state index in [1.165, 1.54) is 5.56 Å². The maximum absolute atomic E-state index is 10.8. The van der Waals surface area contributed by atoms with E-state index in [1.807, 2.05) is 48.9 Å². The molecule has 1 aromatic heterocycles. The van der Waals surface area contributed by atoms with Crippen LogP contribution in [0, 0.1) is 0 Å². The van der Waals surface area contributed by atoms with E-state index in [9.17, 15) is 4.79 Å². The van der Waals surface area contributed by atoms with Crippen LogP contribution in [0.25, 0.3) is 0 Å². The number of nitrogens with zero attached hydrogens (tertiary/aromatic N) is 1. The SMILES string of the molecule is CC(C)Oc1ccc(CCn2cccc2C=O)cc1. The van der Waals surface area contributed by atoms with Crippen LogP contribution in [0.1, 0.15) is 29.9 Å². The van der Waals surface area contributed by atoms with Gasteiger partial charge in [-0.05, 0) is 50.1 Å². The van der Waals surface area contributed by atoms with Crippen LogP contribution in [0.4, 0.5) is 0 Å². The minimum atomic E-state index is 0.195. The quantitative estimate of drug-likeness (QED) is 0.743. The molecule has 1 aromatic carbocycles. The van der Waals surface area contributed by atoms with Crippen LogP contribution >= 0.6 is 0 Å². The lowest BCUT2D eigenvalue weighted by molar-refractivity contribution is 0.111. The van der Waals surface area contributed by atoms with Crippen LogP contribution in [-0.2, 0) is 13.0 Å². The van der Waals surface area contributed by atoms with Crippen molar-refractivity contribution in [1.82, 2.24) is 4.57 Å². The minimum Gasteiger partial charge on any atom is -0.491 e. The van der Waals surface area contributed by atoms with Crippen LogP contribution in [-0.4, -0.2) is 17.0 Å². The zero-order chi connectivity index (χ0) is 13.7. The Balaban J connectivity index is 1.94. The van der Waals surface area contributed by atoms with E-state index >= 15 is 0 Å². The highest BCUT2D eigenvalue weighted by atomic mass is 16.5. The van der Waals surface area contributed by atoms with Crippen molar-refractivity contribution in [1.29, 1.82) is 0 Å². The number of aldehydes is 1. The lowest BCUT2D eigenvalue weighted by Gasteiger charge is -2.10. The molecular weight excluding hydrogens is 238 g/mol. The van der Waals surface area contributed by atoms with Crippen molar-refractivity contribution in [2.45, 2.75) is 32.9 Å². The van der Waals surface area contributed by atoms with Gasteiger partial charge in [-0.25, -0.2) is 0 Å². The Morgan fingerprint density at radius 1 is 1.21 bits per heavy atom. The van der Waals surface area contributed by atoms with E-state index in [-0.39, 0.29) is 6.10 Å². The van der Waals surface area contributed by atoms with Crippen LogP contribution in [0.15, 0.2) is 42.6 Å². The fourth-order valence-electron chi connectivity index (χ4n) is 1.99. The molecule has 3 heteroatoms. The topological polar surface area (TPSA) is 31.2 Å². The Kier molecular flexibility index (Phi) is 4.39. The molecule has 0 spiro atoms. The summed E-state index contributed by atoms with van der Waals surface area (Å²) in [4.78, 5) is 10.8. The van der Waals surface area contributed by atoms with Crippen LogP contribution < -0.4 is 4.74 Å². The lowest BCUT2D eigenvalue weighted by Crippen LogP contribution is -2.06. The molecule has 0 aliphatic rings. The third kappa shape index (κ3) is 3.71. The molecule has 0 unspecified atom stereocenters. The maximum Gasteiger partial charge on any atom is 0.166 e. The van der Waals surface area contributed by atoms with Gasteiger partial charge in [-0.2, -0.15) is 0 Å². The molecule has 0 bridgehead atoms. The van der Waals surface area contributed by atoms with E-state index in [2.05, 4.69) is 12.1 Å². The second-order valence-electron chi connectivity index (χ2n) is 4.80. The summed E-state index contributed by atoms with van der Waals surface area (Å²) in [5, 5.41) is 0. The fourth-order valence-corrected chi connectivity index (χ4v) is 1.99. The summed E-state index contributed by atoms with van der Waals surface area (Å²) in [6, 6.07) is 11.8. The van der Waals surface area contributed by atoms with Gasteiger partial charge in [0.05, 0.1) is 11.8 Å². The molecule has 2 aromatic rings. The summed E-state index contributed by atoms with van der Waals surface area (Å²) in [5.41, 5.74) is 1.96. The molecule has 100 valence electrons. The average Bonchev–Trinajstić information content (AvgIpc) is 2.84. The van der Waals surface area contributed by atoms with E-state index in [0.717, 1.165) is 30.7 Å². The number of hydrogen-bond donors (Lipinski definition) is 0. The fraction of sp³-hybridized carbons (Fsp3) is 0.312. The van der Waals surface area contributed by atoms with Gasteiger partial charge in [-0.1, -0.05) is 12.1 Å². The first-order chi connectivity index (χ1) is 9.19. The van der Waals surface area contributed by atoms with Crippen molar-refractivity contribution >= 4 is 6.29 Å². The summed E-state index contributed by atoms with van der Waals surface area (Å²) in [7, 11) is 0. The van der Waals surface area contributed by atoms with Gasteiger partial charge >= 0.3 is 0 Å². The molecule has 0 amide bonds. The summed E-state index contributed by atoms with van der Waals surface area (Å²) >= 11 is 0. The van der Waals surface area contributed by atoms with E-state index < -0.39 is 0 Å². The van der Waals surface area contributed by atoms with Gasteiger partial charge < -0.3 is 9.30 Å². The zero-order valence-corrected chi connectivity index (χ0v) is 11.4. The van der Waals surface area contributed by atoms with Gasteiger partial charge in [0, 0.05) is 12.7 Å². The predicted octanol–water partition coefficient (Wildman–Crippen LogP) is 3.33. The molecule has 0 fully saturated rings. The van der Waals surface area contributed by atoms with Crippen LogP contribution in [0.3, 0.4) is 0 Å². The van der Waals surface area contributed by atoms with Gasteiger partial charge in [-0.15, -0.1) is 0 Å². The van der Waals surface area contributed by atoms with Crippen molar-refractivity contribution in [2.24, 2.45) is 0 Å². The van der Waals surface area contributed by atoms with Crippen molar-refractivity contribution in [3.05, 3.63) is 53.9 Å². The largest absolute Gasteiger partial charge is 0.491 e. The Labute approximate surface area is 113 Å². The molecule has 0 aliphatic carbocycles. The number of carbonyl (C=O) groups is 1. The normalized spacial score (nSPS) is 10.7. The highest BCUT2D eigenvalue weighted by Gasteiger charge is 2.01. The van der Waals surface area contributed by atoms with Crippen molar-refractivity contribution in [3.63, 3.8) is 0 Å². The second-order valence-corrected chi connectivity index (χ2v) is 4.80. The molecule has 3 nitrogen and oxygen atoms in total. The molecule has 0 N–H and O–H groups in total. The van der Waals surface area contributed by atoms with Gasteiger partial charge in [0.2, 0.25) is 0 Å². The number of carbonyl (C=O) groups excluding carboxylic acids is 1. The number of benzene rings is 1. The third-order valence-corrected chi connectivity index (χ3v) is 2.92. The standard InChI is InChI=1S/C16H19NO2/c1-13(2)19-16-7-5-14(6-8-16)9-11-17-10-3-4-15(17)12-18/h3-8,10,12-13H,9,11H2,1-2H3. The average molecular weight is 257 g/mol. The number of aryl methyl sites for hydroxylation is 2. The highest BCUT2D eigenvalue weighted by Crippen LogP contribution is 2.14. The molecule has 0 saturated carbocycles. The second kappa shape index (κ2) is 6.23. The van der Waals surface area contributed by atoms with E-state index in [4.69, 9.17) is 4.74 Å². The Bertz CT molecular complexity index is 526. The van der Waals surface area contributed by atoms with E-state index in [1.54, 1.807) is 0 Å². The summed E-state index contributed by atoms with van der Waals surface area (Å²) < 4.78 is 7.57. The minimum absolute atomic E-state index is 0.195. The smallest absolute Gasteiger partial charge is 0.166 e. The number of aromatic nitrogens is 1. The number of rotatable bonds is 6.